The predicted octanol–water partition coefficient (Wildman–Crippen LogP) is 3.36. The monoisotopic (exact) mass is 348 g/mol. The Hall–Kier alpha value is -2.66. The fraction of sp³-hybridized carbons (Fsp3) is 0.333. The third-order valence-corrected chi connectivity index (χ3v) is 5.21. The van der Waals surface area contributed by atoms with Crippen molar-refractivity contribution >= 4 is 16.9 Å². The van der Waals surface area contributed by atoms with E-state index in [0.29, 0.717) is 18.2 Å². The van der Waals surface area contributed by atoms with E-state index in [4.69, 9.17) is 4.98 Å². The summed E-state index contributed by atoms with van der Waals surface area (Å²) in [6.45, 7) is 7.54. The highest BCUT2D eigenvalue weighted by atomic mass is 16.1. The molecule has 1 amide bonds. The number of nitrogens with one attached hydrogen (secondary N) is 1. The summed E-state index contributed by atoms with van der Waals surface area (Å²) < 4.78 is 2.28. The number of rotatable bonds is 4. The van der Waals surface area contributed by atoms with E-state index in [1.54, 1.807) is 0 Å². The summed E-state index contributed by atoms with van der Waals surface area (Å²) in [6.07, 6.45) is 0. The van der Waals surface area contributed by atoms with Gasteiger partial charge in [0.05, 0.1) is 17.6 Å². The quantitative estimate of drug-likeness (QED) is 0.786. The van der Waals surface area contributed by atoms with Crippen molar-refractivity contribution in [3.8, 4) is 0 Å². The molecule has 1 unspecified atom stereocenters. The topological polar surface area (TPSA) is 50.2 Å². The van der Waals surface area contributed by atoms with Gasteiger partial charge in [0.15, 0.2) is 0 Å². The lowest BCUT2D eigenvalue weighted by Gasteiger charge is -2.33. The number of amides is 1. The summed E-state index contributed by atoms with van der Waals surface area (Å²) in [5.74, 6) is 1.03. The van der Waals surface area contributed by atoms with Crippen molar-refractivity contribution in [2.75, 3.05) is 13.1 Å². The van der Waals surface area contributed by atoms with Crippen LogP contribution in [0.3, 0.4) is 0 Å². The highest BCUT2D eigenvalue weighted by molar-refractivity contribution is 5.97. The van der Waals surface area contributed by atoms with Crippen molar-refractivity contribution < 1.29 is 4.79 Å². The normalized spacial score (nSPS) is 15.6. The molecule has 4 rings (SSSR count). The van der Waals surface area contributed by atoms with E-state index in [9.17, 15) is 4.79 Å². The third kappa shape index (κ3) is 2.99. The first-order valence-corrected chi connectivity index (χ1v) is 9.23. The number of carbonyl (C=O) groups is 1. The van der Waals surface area contributed by atoms with Crippen molar-refractivity contribution in [1.29, 1.82) is 0 Å². The average Bonchev–Trinajstić information content (AvgIpc) is 3.05. The maximum absolute atomic E-state index is 12.1. The van der Waals surface area contributed by atoms with E-state index in [-0.39, 0.29) is 5.91 Å². The summed E-state index contributed by atoms with van der Waals surface area (Å²) in [4.78, 5) is 19.4. The Labute approximate surface area is 153 Å². The van der Waals surface area contributed by atoms with Gasteiger partial charge in [0.25, 0.3) is 5.91 Å². The maximum Gasteiger partial charge on any atom is 0.251 e. The lowest BCUT2D eigenvalue weighted by atomic mass is 10.1. The first-order valence-electron chi connectivity index (χ1n) is 9.23. The largest absolute Gasteiger partial charge is 0.352 e. The van der Waals surface area contributed by atoms with Crippen LogP contribution in [0, 0.1) is 0 Å². The van der Waals surface area contributed by atoms with Crippen LogP contribution in [0.4, 0.5) is 0 Å². The van der Waals surface area contributed by atoms with E-state index in [2.05, 4.69) is 52.0 Å². The fourth-order valence-electron chi connectivity index (χ4n) is 3.72. The summed E-state index contributed by atoms with van der Waals surface area (Å²) in [7, 11) is 0. The van der Waals surface area contributed by atoms with Crippen molar-refractivity contribution in [3.05, 3.63) is 65.5 Å². The third-order valence-electron chi connectivity index (χ3n) is 5.21. The van der Waals surface area contributed by atoms with Gasteiger partial charge < -0.3 is 9.88 Å². The second-order valence-electron chi connectivity index (χ2n) is 6.80. The Morgan fingerprint density at radius 2 is 2.00 bits per heavy atom. The molecular weight excluding hydrogens is 324 g/mol. The van der Waals surface area contributed by atoms with Crippen LogP contribution in [-0.4, -0.2) is 33.4 Å². The van der Waals surface area contributed by atoms with E-state index in [1.807, 2.05) is 25.1 Å². The number of aromatic nitrogens is 2. The molecule has 2 heterocycles. The van der Waals surface area contributed by atoms with Crippen LogP contribution in [0.5, 0.6) is 0 Å². The molecule has 5 heteroatoms. The fourth-order valence-corrected chi connectivity index (χ4v) is 3.72. The molecule has 0 spiro atoms. The zero-order valence-corrected chi connectivity index (χ0v) is 15.3. The minimum atomic E-state index is -0.0419. The van der Waals surface area contributed by atoms with Gasteiger partial charge in [0, 0.05) is 31.2 Å². The second-order valence-corrected chi connectivity index (χ2v) is 6.80. The van der Waals surface area contributed by atoms with Crippen LogP contribution in [0.25, 0.3) is 11.0 Å². The molecular formula is C21H24N4O. The van der Waals surface area contributed by atoms with Crippen molar-refractivity contribution in [3.63, 3.8) is 0 Å². The lowest BCUT2D eigenvalue weighted by molar-refractivity contribution is 0.0956. The molecule has 1 atom stereocenters. The average molecular weight is 348 g/mol. The van der Waals surface area contributed by atoms with Gasteiger partial charge in [0.2, 0.25) is 0 Å². The first kappa shape index (κ1) is 16.8. The number of imidazole rings is 1. The molecule has 134 valence electrons. The van der Waals surface area contributed by atoms with Gasteiger partial charge in [-0.15, -0.1) is 0 Å². The number of benzene rings is 2. The molecule has 1 aliphatic heterocycles. The maximum atomic E-state index is 12.1. The number of fused-ring (bicyclic) bond motifs is 3. The van der Waals surface area contributed by atoms with Gasteiger partial charge in [-0.3, -0.25) is 9.69 Å². The van der Waals surface area contributed by atoms with Gasteiger partial charge in [0.1, 0.15) is 5.82 Å². The molecule has 0 saturated heterocycles. The Bertz CT molecular complexity index is 932. The summed E-state index contributed by atoms with van der Waals surface area (Å²) in [5.41, 5.74) is 4.01. The highest BCUT2D eigenvalue weighted by Crippen LogP contribution is 2.27. The molecule has 1 aromatic heterocycles. The highest BCUT2D eigenvalue weighted by Gasteiger charge is 2.24. The molecule has 0 radical (unpaired) electrons. The molecule has 1 N–H and O–H groups in total. The summed E-state index contributed by atoms with van der Waals surface area (Å²) >= 11 is 0. The van der Waals surface area contributed by atoms with Crippen LogP contribution >= 0.6 is 0 Å². The first-order chi connectivity index (χ1) is 12.7. The SMILES string of the molecule is CCNC(=O)c1ccc2c(c1)nc1n2CCN(C(C)c2ccccc2)C1. The van der Waals surface area contributed by atoms with E-state index in [1.165, 1.54) is 5.56 Å². The lowest BCUT2D eigenvalue weighted by Crippen LogP contribution is -2.35. The van der Waals surface area contributed by atoms with Gasteiger partial charge in [-0.1, -0.05) is 30.3 Å². The van der Waals surface area contributed by atoms with Crippen LogP contribution in [0.15, 0.2) is 48.5 Å². The van der Waals surface area contributed by atoms with Gasteiger partial charge in [-0.25, -0.2) is 4.98 Å². The smallest absolute Gasteiger partial charge is 0.251 e. The molecule has 2 aromatic carbocycles. The molecule has 3 aromatic rings. The molecule has 0 bridgehead atoms. The second kappa shape index (κ2) is 6.92. The number of nitrogens with zero attached hydrogens (tertiary/aromatic N) is 3. The van der Waals surface area contributed by atoms with Crippen LogP contribution in [0.2, 0.25) is 0 Å². The Morgan fingerprint density at radius 1 is 1.19 bits per heavy atom. The van der Waals surface area contributed by atoms with Gasteiger partial charge in [-0.05, 0) is 37.6 Å². The number of hydrogen-bond acceptors (Lipinski definition) is 3. The molecule has 5 nitrogen and oxygen atoms in total. The summed E-state index contributed by atoms with van der Waals surface area (Å²) in [6, 6.07) is 16.8. The Morgan fingerprint density at radius 3 is 2.77 bits per heavy atom. The van der Waals surface area contributed by atoms with Crippen molar-refractivity contribution in [1.82, 2.24) is 19.8 Å². The van der Waals surface area contributed by atoms with E-state index < -0.39 is 0 Å². The zero-order valence-electron chi connectivity index (χ0n) is 15.3. The molecule has 0 fully saturated rings. The predicted molar refractivity (Wildman–Crippen MR) is 103 cm³/mol. The number of carbonyl (C=O) groups excluding carboxylic acids is 1. The molecule has 0 saturated carbocycles. The minimum Gasteiger partial charge on any atom is -0.352 e. The Kier molecular flexibility index (Phi) is 4.47. The molecule has 0 aliphatic carbocycles. The molecule has 1 aliphatic rings. The number of hydrogen-bond donors (Lipinski definition) is 1. The minimum absolute atomic E-state index is 0.0419. The van der Waals surface area contributed by atoms with Crippen LogP contribution in [-0.2, 0) is 13.1 Å². The Balaban J connectivity index is 1.61. The summed E-state index contributed by atoms with van der Waals surface area (Å²) in [5, 5.41) is 2.85. The molecule has 26 heavy (non-hydrogen) atoms. The van der Waals surface area contributed by atoms with E-state index >= 15 is 0 Å². The van der Waals surface area contributed by atoms with Crippen LogP contribution < -0.4 is 5.32 Å². The van der Waals surface area contributed by atoms with E-state index in [0.717, 1.165) is 36.5 Å². The van der Waals surface area contributed by atoms with Gasteiger partial charge >= 0.3 is 0 Å². The zero-order chi connectivity index (χ0) is 18.1. The van der Waals surface area contributed by atoms with Crippen molar-refractivity contribution in [2.45, 2.75) is 33.0 Å². The standard InChI is InChI=1S/C21H24N4O/c1-3-22-21(26)17-9-10-19-18(13-17)23-20-14-24(11-12-25(19)20)15(2)16-7-5-4-6-8-16/h4-10,13,15H,3,11-12,14H2,1-2H3,(H,22,26). The van der Waals surface area contributed by atoms with Crippen molar-refractivity contribution in [2.24, 2.45) is 0 Å². The van der Waals surface area contributed by atoms with Crippen LogP contribution in [0.1, 0.15) is 41.6 Å². The van der Waals surface area contributed by atoms with Gasteiger partial charge in [-0.2, -0.15) is 0 Å².